The summed E-state index contributed by atoms with van der Waals surface area (Å²) >= 11 is 0. The van der Waals surface area contributed by atoms with Gasteiger partial charge in [0.25, 0.3) is 0 Å². The lowest BCUT2D eigenvalue weighted by Crippen LogP contribution is -2.50. The van der Waals surface area contributed by atoms with Crippen LogP contribution in [0.4, 0.5) is 13.2 Å². The van der Waals surface area contributed by atoms with Gasteiger partial charge in [0.2, 0.25) is 0 Å². The zero-order valence-corrected chi connectivity index (χ0v) is 13.5. The molecule has 3 rings (SSSR count). The van der Waals surface area contributed by atoms with E-state index in [0.29, 0.717) is 24.1 Å². The summed E-state index contributed by atoms with van der Waals surface area (Å²) in [4.78, 5) is 4.48. The van der Waals surface area contributed by atoms with Gasteiger partial charge in [-0.15, -0.1) is 5.10 Å². The summed E-state index contributed by atoms with van der Waals surface area (Å²) in [5, 5.41) is 11.5. The maximum absolute atomic E-state index is 12.9. The van der Waals surface area contributed by atoms with Crippen LogP contribution in [0.25, 0.3) is 5.69 Å². The molecule has 1 aromatic carbocycles. The van der Waals surface area contributed by atoms with Crippen LogP contribution in [0.15, 0.2) is 24.3 Å². The van der Waals surface area contributed by atoms with Gasteiger partial charge in [-0.2, -0.15) is 17.9 Å². The van der Waals surface area contributed by atoms with E-state index in [9.17, 15) is 13.2 Å². The molecule has 2 aromatic rings. The van der Waals surface area contributed by atoms with Gasteiger partial charge in [0, 0.05) is 25.7 Å². The number of likely N-dealkylation sites (N-methyl/N-ethyl adjacent to an activating group) is 1. The topological polar surface area (TPSA) is 50.1 Å². The molecule has 1 aromatic heterocycles. The largest absolute Gasteiger partial charge is 0.416 e. The maximum atomic E-state index is 12.9. The van der Waals surface area contributed by atoms with E-state index in [0.717, 1.165) is 31.8 Å². The molecule has 0 amide bonds. The van der Waals surface area contributed by atoms with Crippen LogP contribution in [0.5, 0.6) is 0 Å². The molecule has 0 saturated carbocycles. The Morgan fingerprint density at radius 2 is 2.04 bits per heavy atom. The van der Waals surface area contributed by atoms with Gasteiger partial charge in [0.05, 0.1) is 17.8 Å². The van der Waals surface area contributed by atoms with Gasteiger partial charge in [-0.05, 0) is 42.6 Å². The molecule has 2 heterocycles. The Kier molecular flexibility index (Phi) is 4.55. The number of nitrogens with zero attached hydrogens (tertiary/aromatic N) is 6. The van der Waals surface area contributed by atoms with E-state index in [-0.39, 0.29) is 0 Å². The van der Waals surface area contributed by atoms with Gasteiger partial charge in [-0.25, -0.2) is 0 Å². The van der Waals surface area contributed by atoms with E-state index >= 15 is 0 Å². The van der Waals surface area contributed by atoms with Gasteiger partial charge in [0.15, 0.2) is 5.82 Å². The lowest BCUT2D eigenvalue weighted by Gasteiger charge is -2.37. The van der Waals surface area contributed by atoms with E-state index in [4.69, 9.17) is 0 Å². The number of halogens is 3. The Morgan fingerprint density at radius 1 is 1.25 bits per heavy atom. The van der Waals surface area contributed by atoms with Crippen LogP contribution in [-0.2, 0) is 12.7 Å². The third kappa shape index (κ3) is 3.57. The van der Waals surface area contributed by atoms with E-state index in [1.807, 2.05) is 0 Å². The normalized spacial score (nSPS) is 20.5. The fourth-order valence-electron chi connectivity index (χ4n) is 2.91. The molecule has 1 atom stereocenters. The maximum Gasteiger partial charge on any atom is 0.416 e. The van der Waals surface area contributed by atoms with Crippen molar-refractivity contribution in [3.8, 4) is 5.69 Å². The number of piperazine rings is 1. The van der Waals surface area contributed by atoms with Crippen molar-refractivity contribution in [2.45, 2.75) is 25.7 Å². The van der Waals surface area contributed by atoms with Crippen molar-refractivity contribution in [2.24, 2.45) is 0 Å². The fourth-order valence-corrected chi connectivity index (χ4v) is 2.91. The Balaban J connectivity index is 1.83. The zero-order valence-electron chi connectivity index (χ0n) is 13.5. The number of hydrogen-bond donors (Lipinski definition) is 0. The van der Waals surface area contributed by atoms with Crippen molar-refractivity contribution in [3.63, 3.8) is 0 Å². The van der Waals surface area contributed by atoms with Gasteiger partial charge < -0.3 is 4.90 Å². The average molecular weight is 340 g/mol. The third-order valence-corrected chi connectivity index (χ3v) is 4.26. The summed E-state index contributed by atoms with van der Waals surface area (Å²) in [6.07, 6.45) is -4.39. The summed E-state index contributed by atoms with van der Waals surface area (Å²) in [6, 6.07) is 5.36. The standard InChI is InChI=1S/C15H19F3N6/c1-11-9-22(2)6-7-23(11)10-14-19-20-21-24(14)13-5-3-4-12(8-13)15(16,17)18/h3-5,8,11H,6-7,9-10H2,1-2H3/t11-/m1/s1. The minimum atomic E-state index is -4.39. The molecule has 1 fully saturated rings. The number of hydrogen-bond acceptors (Lipinski definition) is 5. The van der Waals surface area contributed by atoms with Crippen LogP contribution in [0, 0.1) is 0 Å². The Bertz CT molecular complexity index is 699. The predicted molar refractivity (Wildman–Crippen MR) is 81.5 cm³/mol. The van der Waals surface area contributed by atoms with E-state index in [1.165, 1.54) is 10.7 Å². The van der Waals surface area contributed by atoms with E-state index < -0.39 is 11.7 Å². The minimum Gasteiger partial charge on any atom is -0.304 e. The second-order valence-corrected chi connectivity index (χ2v) is 6.14. The number of alkyl halides is 3. The van der Waals surface area contributed by atoms with Crippen molar-refractivity contribution >= 4 is 0 Å². The smallest absolute Gasteiger partial charge is 0.304 e. The van der Waals surface area contributed by atoms with Crippen molar-refractivity contribution in [3.05, 3.63) is 35.7 Å². The van der Waals surface area contributed by atoms with Gasteiger partial charge in [0.1, 0.15) is 0 Å². The van der Waals surface area contributed by atoms with Crippen molar-refractivity contribution in [1.82, 2.24) is 30.0 Å². The molecular formula is C15H19F3N6. The molecule has 130 valence electrons. The van der Waals surface area contributed by atoms with Crippen molar-refractivity contribution < 1.29 is 13.2 Å². The highest BCUT2D eigenvalue weighted by atomic mass is 19.4. The number of tetrazole rings is 1. The summed E-state index contributed by atoms with van der Waals surface area (Å²) < 4.78 is 40.1. The number of aromatic nitrogens is 4. The molecule has 1 saturated heterocycles. The second-order valence-electron chi connectivity index (χ2n) is 6.14. The Hall–Kier alpha value is -2.00. The van der Waals surface area contributed by atoms with E-state index in [1.54, 1.807) is 6.07 Å². The second kappa shape index (κ2) is 6.48. The molecule has 0 N–H and O–H groups in total. The fraction of sp³-hybridized carbons (Fsp3) is 0.533. The van der Waals surface area contributed by atoms with Crippen LogP contribution >= 0.6 is 0 Å². The first-order chi connectivity index (χ1) is 11.3. The molecule has 9 heteroatoms. The summed E-state index contributed by atoms with van der Waals surface area (Å²) in [5.41, 5.74) is -0.402. The van der Waals surface area contributed by atoms with Crippen LogP contribution in [0.2, 0.25) is 0 Å². The summed E-state index contributed by atoms with van der Waals surface area (Å²) in [5.74, 6) is 0.533. The van der Waals surface area contributed by atoms with Crippen LogP contribution in [-0.4, -0.2) is 62.7 Å². The number of rotatable bonds is 3. The highest BCUT2D eigenvalue weighted by molar-refractivity contribution is 5.36. The molecule has 0 unspecified atom stereocenters. The highest BCUT2D eigenvalue weighted by Crippen LogP contribution is 2.30. The van der Waals surface area contributed by atoms with Gasteiger partial charge in [-0.3, -0.25) is 4.90 Å². The van der Waals surface area contributed by atoms with Crippen LogP contribution in [0.3, 0.4) is 0 Å². The highest BCUT2D eigenvalue weighted by Gasteiger charge is 2.31. The van der Waals surface area contributed by atoms with Crippen molar-refractivity contribution in [1.29, 1.82) is 0 Å². The van der Waals surface area contributed by atoms with E-state index in [2.05, 4.69) is 39.3 Å². The first kappa shape index (κ1) is 16.8. The Labute approximate surface area is 137 Å². The molecule has 1 aliphatic rings. The minimum absolute atomic E-state index is 0.312. The lowest BCUT2D eigenvalue weighted by molar-refractivity contribution is -0.137. The van der Waals surface area contributed by atoms with Crippen molar-refractivity contribution in [2.75, 3.05) is 26.7 Å². The summed E-state index contributed by atoms with van der Waals surface area (Å²) in [7, 11) is 2.07. The van der Waals surface area contributed by atoms with Crippen LogP contribution in [0.1, 0.15) is 18.3 Å². The number of benzene rings is 1. The third-order valence-electron chi connectivity index (χ3n) is 4.26. The molecule has 0 aliphatic carbocycles. The average Bonchev–Trinajstić information content (AvgIpc) is 2.97. The summed E-state index contributed by atoms with van der Waals surface area (Å²) in [6.45, 7) is 5.36. The van der Waals surface area contributed by atoms with Gasteiger partial charge in [-0.1, -0.05) is 6.07 Å². The molecule has 24 heavy (non-hydrogen) atoms. The lowest BCUT2D eigenvalue weighted by atomic mass is 10.2. The molecule has 0 bridgehead atoms. The zero-order chi connectivity index (χ0) is 17.3. The first-order valence-electron chi connectivity index (χ1n) is 7.72. The SMILES string of the molecule is C[C@@H]1CN(C)CCN1Cc1nnnn1-c1cccc(C(F)(F)F)c1. The van der Waals surface area contributed by atoms with Crippen LogP contribution < -0.4 is 0 Å². The predicted octanol–water partition coefficient (Wildman–Crippen LogP) is 1.82. The Morgan fingerprint density at radius 3 is 2.75 bits per heavy atom. The molecule has 0 radical (unpaired) electrons. The monoisotopic (exact) mass is 340 g/mol. The molecule has 6 nitrogen and oxygen atoms in total. The quantitative estimate of drug-likeness (QED) is 0.853. The molecular weight excluding hydrogens is 321 g/mol. The first-order valence-corrected chi connectivity index (χ1v) is 7.72. The molecule has 0 spiro atoms. The molecule has 1 aliphatic heterocycles. The van der Waals surface area contributed by atoms with Gasteiger partial charge >= 0.3 is 6.18 Å².